The Bertz CT molecular complexity index is 684. The van der Waals surface area contributed by atoms with Gasteiger partial charge >= 0.3 is 6.18 Å². The molecule has 0 aromatic carbocycles. The Morgan fingerprint density at radius 3 is 2.13 bits per heavy atom. The Kier molecular flexibility index (Phi) is 4.43. The van der Waals surface area contributed by atoms with E-state index in [1.807, 2.05) is 0 Å². The number of rotatable bonds is 3. The standard InChI is InChI=1S/C13H13F3N6O/c1-21(2)11-7-17-8(6-18-11)12(23)22(3)10-5-4-9(19-20-10)13(14,15)16/h4-7H,1-3H3. The molecule has 0 aliphatic heterocycles. The second-order valence-corrected chi connectivity index (χ2v) is 4.79. The van der Waals surface area contributed by atoms with Crippen LogP contribution in [0.3, 0.4) is 0 Å². The van der Waals surface area contributed by atoms with Gasteiger partial charge in [-0.3, -0.25) is 9.69 Å². The largest absolute Gasteiger partial charge is 0.435 e. The molecule has 7 nitrogen and oxygen atoms in total. The van der Waals surface area contributed by atoms with Crippen molar-refractivity contribution < 1.29 is 18.0 Å². The second-order valence-electron chi connectivity index (χ2n) is 4.79. The summed E-state index contributed by atoms with van der Waals surface area (Å²) in [6.45, 7) is 0. The number of halogens is 3. The molecule has 0 radical (unpaired) electrons. The molecular formula is C13H13F3N6O. The number of amides is 1. The summed E-state index contributed by atoms with van der Waals surface area (Å²) < 4.78 is 37.3. The van der Waals surface area contributed by atoms with E-state index in [1.165, 1.54) is 19.4 Å². The summed E-state index contributed by atoms with van der Waals surface area (Å²) in [6.07, 6.45) is -1.88. The maximum absolute atomic E-state index is 12.4. The lowest BCUT2D eigenvalue weighted by atomic mass is 10.3. The van der Waals surface area contributed by atoms with Gasteiger partial charge in [-0.15, -0.1) is 10.2 Å². The molecule has 122 valence electrons. The number of carbonyl (C=O) groups is 1. The minimum Gasteiger partial charge on any atom is -0.361 e. The third kappa shape index (κ3) is 3.71. The van der Waals surface area contributed by atoms with Crippen molar-refractivity contribution in [1.29, 1.82) is 0 Å². The maximum Gasteiger partial charge on any atom is 0.435 e. The molecule has 2 heterocycles. The fourth-order valence-electron chi connectivity index (χ4n) is 1.59. The first kappa shape index (κ1) is 16.6. The number of carbonyl (C=O) groups excluding carboxylic acids is 1. The molecule has 0 N–H and O–H groups in total. The Morgan fingerprint density at radius 2 is 1.70 bits per heavy atom. The van der Waals surface area contributed by atoms with E-state index < -0.39 is 17.8 Å². The molecule has 0 unspecified atom stereocenters. The van der Waals surface area contributed by atoms with Crippen LogP contribution in [0.1, 0.15) is 16.2 Å². The number of hydrogen-bond acceptors (Lipinski definition) is 6. The molecule has 1 amide bonds. The van der Waals surface area contributed by atoms with Gasteiger partial charge in [0.1, 0.15) is 11.5 Å². The molecule has 0 atom stereocenters. The van der Waals surface area contributed by atoms with E-state index >= 15 is 0 Å². The Hall–Kier alpha value is -2.78. The highest BCUT2D eigenvalue weighted by Crippen LogP contribution is 2.27. The lowest BCUT2D eigenvalue weighted by Gasteiger charge is -2.16. The van der Waals surface area contributed by atoms with Gasteiger partial charge < -0.3 is 4.90 Å². The number of nitrogens with zero attached hydrogens (tertiary/aromatic N) is 6. The smallest absolute Gasteiger partial charge is 0.361 e. The molecule has 0 saturated carbocycles. The molecule has 0 aliphatic carbocycles. The minimum atomic E-state index is -4.58. The predicted octanol–water partition coefficient (Wildman–Crippen LogP) is 1.63. The first-order valence-electron chi connectivity index (χ1n) is 6.38. The monoisotopic (exact) mass is 326 g/mol. The van der Waals surface area contributed by atoms with Crippen LogP contribution in [0.2, 0.25) is 0 Å². The van der Waals surface area contributed by atoms with Crippen LogP contribution in [0.15, 0.2) is 24.5 Å². The van der Waals surface area contributed by atoms with Crippen LogP contribution in [0.5, 0.6) is 0 Å². The molecule has 2 aromatic rings. The highest BCUT2D eigenvalue weighted by Gasteiger charge is 2.33. The fraction of sp³-hybridized carbons (Fsp3) is 0.308. The zero-order valence-electron chi connectivity index (χ0n) is 12.5. The number of aromatic nitrogens is 4. The number of alkyl halides is 3. The van der Waals surface area contributed by atoms with Crippen molar-refractivity contribution in [3.63, 3.8) is 0 Å². The second kappa shape index (κ2) is 6.15. The van der Waals surface area contributed by atoms with E-state index in [0.29, 0.717) is 5.82 Å². The van der Waals surface area contributed by atoms with Crippen LogP contribution in [-0.4, -0.2) is 47.2 Å². The molecule has 0 fully saturated rings. The summed E-state index contributed by atoms with van der Waals surface area (Å²) in [6, 6.07) is 1.82. The maximum atomic E-state index is 12.4. The summed E-state index contributed by atoms with van der Waals surface area (Å²) in [4.78, 5) is 23.0. The summed E-state index contributed by atoms with van der Waals surface area (Å²) in [5.41, 5.74) is -1.09. The van der Waals surface area contributed by atoms with Gasteiger partial charge in [0.25, 0.3) is 5.91 Å². The molecule has 0 aliphatic rings. The molecule has 0 saturated heterocycles. The minimum absolute atomic E-state index is 0.0264. The van der Waals surface area contributed by atoms with Crippen molar-refractivity contribution in [1.82, 2.24) is 20.2 Å². The molecule has 2 aromatic heterocycles. The highest BCUT2D eigenvalue weighted by atomic mass is 19.4. The van der Waals surface area contributed by atoms with Gasteiger partial charge in [0, 0.05) is 21.1 Å². The normalized spacial score (nSPS) is 11.2. The lowest BCUT2D eigenvalue weighted by Crippen LogP contribution is -2.28. The van der Waals surface area contributed by atoms with Gasteiger partial charge in [-0.1, -0.05) is 0 Å². The number of hydrogen-bond donors (Lipinski definition) is 0. The topological polar surface area (TPSA) is 75.1 Å². The molecule has 2 rings (SSSR count). The Labute approximate surface area is 129 Å². The molecule has 10 heteroatoms. The first-order chi connectivity index (χ1) is 10.7. The summed E-state index contributed by atoms with van der Waals surface area (Å²) in [7, 11) is 4.91. The van der Waals surface area contributed by atoms with Crippen molar-refractivity contribution in [3.05, 3.63) is 35.9 Å². The molecular weight excluding hydrogens is 313 g/mol. The van der Waals surface area contributed by atoms with Gasteiger partial charge in [-0.25, -0.2) is 9.97 Å². The van der Waals surface area contributed by atoms with Crippen LogP contribution in [0.4, 0.5) is 24.8 Å². The van der Waals surface area contributed by atoms with Gasteiger partial charge in [0.05, 0.1) is 12.4 Å². The third-order valence-electron chi connectivity index (χ3n) is 2.90. The van der Waals surface area contributed by atoms with E-state index in [1.54, 1.807) is 19.0 Å². The predicted molar refractivity (Wildman–Crippen MR) is 76.1 cm³/mol. The quantitative estimate of drug-likeness (QED) is 0.853. The van der Waals surface area contributed by atoms with Crippen molar-refractivity contribution in [2.45, 2.75) is 6.18 Å². The van der Waals surface area contributed by atoms with E-state index in [9.17, 15) is 18.0 Å². The average molecular weight is 326 g/mol. The van der Waals surface area contributed by atoms with Gasteiger partial charge in [-0.2, -0.15) is 13.2 Å². The highest BCUT2D eigenvalue weighted by molar-refractivity contribution is 6.03. The van der Waals surface area contributed by atoms with Gasteiger partial charge in [0.15, 0.2) is 11.5 Å². The van der Waals surface area contributed by atoms with E-state index in [-0.39, 0.29) is 11.5 Å². The lowest BCUT2D eigenvalue weighted by molar-refractivity contribution is -0.141. The zero-order valence-corrected chi connectivity index (χ0v) is 12.5. The summed E-state index contributed by atoms with van der Waals surface area (Å²) in [5.74, 6) is -0.0168. The van der Waals surface area contributed by atoms with E-state index in [4.69, 9.17) is 0 Å². The van der Waals surface area contributed by atoms with E-state index in [2.05, 4.69) is 20.2 Å². The number of anilines is 2. The van der Waals surface area contributed by atoms with Crippen LogP contribution in [0, 0.1) is 0 Å². The Balaban J connectivity index is 2.19. The van der Waals surface area contributed by atoms with E-state index in [0.717, 1.165) is 17.0 Å². The van der Waals surface area contributed by atoms with Crippen LogP contribution >= 0.6 is 0 Å². The molecule has 0 spiro atoms. The van der Waals surface area contributed by atoms with Gasteiger partial charge in [-0.05, 0) is 12.1 Å². The van der Waals surface area contributed by atoms with Crippen molar-refractivity contribution in [2.24, 2.45) is 0 Å². The molecule has 0 bridgehead atoms. The fourth-order valence-corrected chi connectivity index (χ4v) is 1.59. The SMILES string of the molecule is CN(C)c1cnc(C(=O)N(C)c2ccc(C(F)(F)F)nn2)cn1. The zero-order chi connectivity index (χ0) is 17.2. The van der Waals surface area contributed by atoms with Crippen molar-refractivity contribution in [2.75, 3.05) is 30.9 Å². The summed E-state index contributed by atoms with van der Waals surface area (Å²) in [5, 5.41) is 6.49. The summed E-state index contributed by atoms with van der Waals surface area (Å²) >= 11 is 0. The Morgan fingerprint density at radius 1 is 1.00 bits per heavy atom. The first-order valence-corrected chi connectivity index (χ1v) is 6.38. The van der Waals surface area contributed by atoms with Crippen molar-refractivity contribution in [3.8, 4) is 0 Å². The van der Waals surface area contributed by atoms with Gasteiger partial charge in [0.2, 0.25) is 0 Å². The van der Waals surface area contributed by atoms with Crippen LogP contribution in [0.25, 0.3) is 0 Å². The van der Waals surface area contributed by atoms with Crippen LogP contribution in [-0.2, 0) is 6.18 Å². The van der Waals surface area contributed by atoms with Crippen LogP contribution < -0.4 is 9.80 Å². The third-order valence-corrected chi connectivity index (χ3v) is 2.90. The van der Waals surface area contributed by atoms with Crippen molar-refractivity contribution >= 4 is 17.5 Å². The average Bonchev–Trinajstić information content (AvgIpc) is 2.53. The molecule has 23 heavy (non-hydrogen) atoms.